The number of carbonyl (C=O) groups is 1. The lowest BCUT2D eigenvalue weighted by Gasteiger charge is -2.23. The maximum absolute atomic E-state index is 12.6. The Bertz CT molecular complexity index is 672. The molecule has 2 N–H and O–H groups in total. The van der Waals surface area contributed by atoms with Gasteiger partial charge in [-0.05, 0) is 36.2 Å². The van der Waals surface area contributed by atoms with E-state index in [1.54, 1.807) is 4.90 Å². The van der Waals surface area contributed by atoms with Crippen LogP contribution in [0.5, 0.6) is 0 Å². The summed E-state index contributed by atoms with van der Waals surface area (Å²) in [6.45, 7) is 2.65. The summed E-state index contributed by atoms with van der Waals surface area (Å²) in [7, 11) is 3.96. The number of hydrogen-bond donors (Lipinski definition) is 2. The first-order valence-electron chi connectivity index (χ1n) is 8.00. The molecule has 0 bridgehead atoms. The molecule has 2 amide bonds. The average molecular weight is 327 g/mol. The van der Waals surface area contributed by atoms with Crippen molar-refractivity contribution in [2.45, 2.75) is 13.5 Å². The lowest BCUT2D eigenvalue weighted by Crippen LogP contribution is -2.36. The van der Waals surface area contributed by atoms with Gasteiger partial charge in [0.15, 0.2) is 0 Å². The van der Waals surface area contributed by atoms with E-state index in [4.69, 9.17) is 0 Å². The molecule has 0 aromatic heterocycles. The highest BCUT2D eigenvalue weighted by molar-refractivity contribution is 5.90. The number of aryl methyl sites for hydroxylation is 1. The highest BCUT2D eigenvalue weighted by Gasteiger charge is 2.14. The van der Waals surface area contributed by atoms with Crippen LogP contribution in [0.15, 0.2) is 48.5 Å². The molecule has 2 aromatic rings. The summed E-state index contributed by atoms with van der Waals surface area (Å²) in [5, 5.41) is 12.2. The predicted molar refractivity (Wildman–Crippen MR) is 98.5 cm³/mol. The summed E-state index contributed by atoms with van der Waals surface area (Å²) >= 11 is 0. The molecule has 0 atom stereocenters. The molecule has 0 radical (unpaired) electrons. The van der Waals surface area contributed by atoms with Crippen molar-refractivity contribution in [2.75, 3.05) is 37.5 Å². The Labute approximate surface area is 143 Å². The summed E-state index contributed by atoms with van der Waals surface area (Å²) in [5.74, 6) is 0. The summed E-state index contributed by atoms with van der Waals surface area (Å²) in [6.07, 6.45) is 0. The number of anilines is 2. The van der Waals surface area contributed by atoms with Gasteiger partial charge in [0.05, 0.1) is 6.61 Å². The number of aliphatic hydroxyl groups excluding tert-OH is 1. The largest absolute Gasteiger partial charge is 0.395 e. The second-order valence-corrected chi connectivity index (χ2v) is 5.95. The van der Waals surface area contributed by atoms with E-state index in [2.05, 4.69) is 5.32 Å². The van der Waals surface area contributed by atoms with E-state index < -0.39 is 0 Å². The molecular formula is C19H25N3O2. The van der Waals surface area contributed by atoms with Crippen LogP contribution in [-0.4, -0.2) is 43.3 Å². The summed E-state index contributed by atoms with van der Waals surface area (Å²) in [4.78, 5) is 16.2. The van der Waals surface area contributed by atoms with Crippen molar-refractivity contribution in [1.29, 1.82) is 0 Å². The first kappa shape index (κ1) is 17.8. The van der Waals surface area contributed by atoms with Crippen LogP contribution in [0.3, 0.4) is 0 Å². The number of rotatable bonds is 6. The number of amides is 2. The maximum atomic E-state index is 12.6. The predicted octanol–water partition coefficient (Wildman–Crippen LogP) is 3.09. The summed E-state index contributed by atoms with van der Waals surface area (Å²) in [5.41, 5.74) is 3.89. The van der Waals surface area contributed by atoms with Crippen LogP contribution in [0, 0.1) is 6.92 Å². The molecule has 2 rings (SSSR count). The molecule has 128 valence electrons. The van der Waals surface area contributed by atoms with Gasteiger partial charge in [0, 0.05) is 38.6 Å². The monoisotopic (exact) mass is 327 g/mol. The third kappa shape index (κ3) is 4.73. The summed E-state index contributed by atoms with van der Waals surface area (Å²) < 4.78 is 0. The number of benzene rings is 2. The maximum Gasteiger partial charge on any atom is 0.322 e. The molecule has 0 unspecified atom stereocenters. The molecule has 0 aliphatic rings. The van der Waals surface area contributed by atoms with Crippen molar-refractivity contribution >= 4 is 17.4 Å². The van der Waals surface area contributed by atoms with Crippen LogP contribution in [0.25, 0.3) is 0 Å². The van der Waals surface area contributed by atoms with Gasteiger partial charge in [0.2, 0.25) is 0 Å². The van der Waals surface area contributed by atoms with E-state index in [1.165, 1.54) is 0 Å². The minimum Gasteiger partial charge on any atom is -0.395 e. The van der Waals surface area contributed by atoms with Gasteiger partial charge in [-0.1, -0.05) is 30.3 Å². The van der Waals surface area contributed by atoms with Gasteiger partial charge < -0.3 is 20.2 Å². The van der Waals surface area contributed by atoms with E-state index in [0.29, 0.717) is 6.54 Å². The van der Waals surface area contributed by atoms with Gasteiger partial charge >= 0.3 is 6.03 Å². The molecule has 2 aromatic carbocycles. The van der Waals surface area contributed by atoms with E-state index in [-0.39, 0.29) is 19.2 Å². The Morgan fingerprint density at radius 3 is 2.42 bits per heavy atom. The lowest BCUT2D eigenvalue weighted by atomic mass is 10.1. The van der Waals surface area contributed by atoms with E-state index >= 15 is 0 Å². The fraction of sp³-hybridized carbons (Fsp3) is 0.316. The molecule has 0 spiro atoms. The Kier molecular flexibility index (Phi) is 6.21. The van der Waals surface area contributed by atoms with E-state index in [0.717, 1.165) is 22.5 Å². The van der Waals surface area contributed by atoms with Crippen LogP contribution in [-0.2, 0) is 6.54 Å². The quantitative estimate of drug-likeness (QED) is 0.857. The van der Waals surface area contributed by atoms with Gasteiger partial charge in [-0.25, -0.2) is 4.79 Å². The standard InChI is InChI=1S/C19H25N3O2/c1-15-13-17(21(2)3)9-10-18(15)20-19(24)22(11-12-23)14-16-7-5-4-6-8-16/h4-10,13,23H,11-12,14H2,1-3H3,(H,20,24). The topological polar surface area (TPSA) is 55.8 Å². The smallest absolute Gasteiger partial charge is 0.322 e. The minimum absolute atomic E-state index is 0.0706. The average Bonchev–Trinajstić information content (AvgIpc) is 2.57. The summed E-state index contributed by atoms with van der Waals surface area (Å²) in [6, 6.07) is 15.4. The number of aliphatic hydroxyl groups is 1. The van der Waals surface area contributed by atoms with Crippen molar-refractivity contribution < 1.29 is 9.90 Å². The van der Waals surface area contributed by atoms with Crippen molar-refractivity contribution in [3.05, 3.63) is 59.7 Å². The number of hydrogen-bond acceptors (Lipinski definition) is 3. The third-order valence-corrected chi connectivity index (χ3v) is 3.84. The molecule has 0 saturated heterocycles. The molecule has 0 fully saturated rings. The van der Waals surface area contributed by atoms with Gasteiger partial charge in [0.1, 0.15) is 0 Å². The highest BCUT2D eigenvalue weighted by Crippen LogP contribution is 2.21. The zero-order chi connectivity index (χ0) is 17.5. The van der Waals surface area contributed by atoms with Crippen LogP contribution in [0.4, 0.5) is 16.2 Å². The van der Waals surface area contributed by atoms with E-state index in [1.807, 2.05) is 74.4 Å². The Morgan fingerprint density at radius 2 is 1.83 bits per heavy atom. The van der Waals surface area contributed by atoms with Gasteiger partial charge in [-0.2, -0.15) is 0 Å². The second-order valence-electron chi connectivity index (χ2n) is 5.95. The van der Waals surface area contributed by atoms with Gasteiger partial charge in [-0.15, -0.1) is 0 Å². The van der Waals surface area contributed by atoms with Crippen LogP contribution < -0.4 is 10.2 Å². The van der Waals surface area contributed by atoms with Gasteiger partial charge in [0.25, 0.3) is 0 Å². The molecule has 5 nitrogen and oxygen atoms in total. The first-order chi connectivity index (χ1) is 11.5. The molecule has 0 aliphatic carbocycles. The molecule has 24 heavy (non-hydrogen) atoms. The molecular weight excluding hydrogens is 302 g/mol. The van der Waals surface area contributed by atoms with Crippen LogP contribution in [0.2, 0.25) is 0 Å². The zero-order valence-electron chi connectivity index (χ0n) is 14.5. The van der Waals surface area contributed by atoms with Crippen LogP contribution in [0.1, 0.15) is 11.1 Å². The SMILES string of the molecule is Cc1cc(N(C)C)ccc1NC(=O)N(CCO)Cc1ccccc1. The molecule has 5 heteroatoms. The van der Waals surface area contributed by atoms with Crippen molar-refractivity contribution in [3.63, 3.8) is 0 Å². The first-order valence-corrected chi connectivity index (χ1v) is 8.00. The Hall–Kier alpha value is -2.53. The lowest BCUT2D eigenvalue weighted by molar-refractivity contribution is 0.185. The minimum atomic E-state index is -0.214. The van der Waals surface area contributed by atoms with Gasteiger partial charge in [-0.3, -0.25) is 0 Å². The molecule has 0 heterocycles. The fourth-order valence-corrected chi connectivity index (χ4v) is 2.44. The number of nitrogens with zero attached hydrogens (tertiary/aromatic N) is 2. The van der Waals surface area contributed by atoms with Crippen molar-refractivity contribution in [1.82, 2.24) is 4.90 Å². The number of urea groups is 1. The normalized spacial score (nSPS) is 10.3. The molecule has 0 aliphatic heterocycles. The third-order valence-electron chi connectivity index (χ3n) is 3.84. The number of carbonyl (C=O) groups excluding carboxylic acids is 1. The van der Waals surface area contributed by atoms with Crippen molar-refractivity contribution in [3.8, 4) is 0 Å². The van der Waals surface area contributed by atoms with Crippen molar-refractivity contribution in [2.24, 2.45) is 0 Å². The van der Waals surface area contributed by atoms with E-state index in [9.17, 15) is 9.90 Å². The Balaban J connectivity index is 2.10. The fourth-order valence-electron chi connectivity index (χ4n) is 2.44. The zero-order valence-corrected chi connectivity index (χ0v) is 14.5. The number of nitrogens with one attached hydrogen (secondary N) is 1. The van der Waals surface area contributed by atoms with Crippen LogP contribution >= 0.6 is 0 Å². The molecule has 0 saturated carbocycles. The highest BCUT2D eigenvalue weighted by atomic mass is 16.3. The second kappa shape index (κ2) is 8.36. The Morgan fingerprint density at radius 1 is 1.12 bits per heavy atom.